The Labute approximate surface area is 219 Å². The Morgan fingerprint density at radius 2 is 1.08 bits per heavy atom. The first kappa shape index (κ1) is 34.3. The molecule has 0 rings (SSSR count). The van der Waals surface area contributed by atoms with Gasteiger partial charge in [-0.3, -0.25) is 34.4 Å². The van der Waals surface area contributed by atoms with Gasteiger partial charge >= 0.3 is 5.97 Å². The van der Waals surface area contributed by atoms with E-state index in [-0.39, 0.29) is 56.5 Å². The van der Waals surface area contributed by atoms with Gasteiger partial charge in [-0.25, -0.2) is 10.1 Å². The first-order chi connectivity index (χ1) is 17.5. The van der Waals surface area contributed by atoms with Crippen molar-refractivity contribution >= 4 is 29.6 Å². The van der Waals surface area contributed by atoms with Gasteiger partial charge in [-0.2, -0.15) is 0 Å². The molecule has 12 heteroatoms. The molecule has 214 valence electrons. The molecule has 0 saturated heterocycles. The number of amides is 4. The average molecular weight is 531 g/mol. The summed E-state index contributed by atoms with van der Waals surface area (Å²) < 4.78 is 0. The van der Waals surface area contributed by atoms with Crippen LogP contribution in [0.4, 0.5) is 0 Å². The summed E-state index contributed by atoms with van der Waals surface area (Å²) in [6.45, 7) is 5.38. The van der Waals surface area contributed by atoms with E-state index in [2.05, 4.69) is 24.5 Å². The van der Waals surface area contributed by atoms with Crippen LogP contribution in [0.2, 0.25) is 0 Å². The highest BCUT2D eigenvalue weighted by atomic mass is 16.5. The van der Waals surface area contributed by atoms with Crippen molar-refractivity contribution in [3.8, 4) is 0 Å². The van der Waals surface area contributed by atoms with Gasteiger partial charge in [0.25, 0.3) is 0 Å². The minimum atomic E-state index is -1.02. The van der Waals surface area contributed by atoms with E-state index in [1.165, 1.54) is 0 Å². The predicted molar refractivity (Wildman–Crippen MR) is 136 cm³/mol. The number of carboxylic acid groups (broad SMARTS) is 1. The molecule has 0 aliphatic rings. The quantitative estimate of drug-likeness (QED) is 0.0805. The van der Waals surface area contributed by atoms with Crippen LogP contribution in [0, 0.1) is 5.92 Å². The summed E-state index contributed by atoms with van der Waals surface area (Å²) in [6.07, 6.45) is 5.47. The number of carbonyl (C=O) groups is 5. The fraction of sp³-hybridized carbons (Fsp3) is 0.800. The third-order valence-corrected chi connectivity index (χ3v) is 5.62. The SMILES string of the molecule is CC(C)CCCC(=O)N(O)CCCCCNC(=O)CCC(=O)N(O)CCCCCNC(=O)CCC(=O)O. The Morgan fingerprint density at radius 3 is 1.54 bits per heavy atom. The van der Waals surface area contributed by atoms with Gasteiger partial charge in [-0.05, 0) is 50.9 Å². The molecule has 12 nitrogen and oxygen atoms in total. The van der Waals surface area contributed by atoms with Crippen LogP contribution in [0.3, 0.4) is 0 Å². The van der Waals surface area contributed by atoms with E-state index in [4.69, 9.17) is 5.11 Å². The van der Waals surface area contributed by atoms with Gasteiger partial charge in [-0.15, -0.1) is 0 Å². The molecule has 0 aromatic heterocycles. The third kappa shape index (κ3) is 21.1. The number of aliphatic carboxylic acids is 1. The van der Waals surface area contributed by atoms with E-state index in [0.717, 1.165) is 24.3 Å². The summed E-state index contributed by atoms with van der Waals surface area (Å²) in [7, 11) is 0. The molecule has 0 saturated carbocycles. The lowest BCUT2D eigenvalue weighted by atomic mass is 10.1. The number of hydrogen-bond acceptors (Lipinski definition) is 7. The lowest BCUT2D eigenvalue weighted by molar-refractivity contribution is -0.166. The van der Waals surface area contributed by atoms with E-state index in [1.807, 2.05) is 0 Å². The van der Waals surface area contributed by atoms with Crippen molar-refractivity contribution in [2.45, 2.75) is 97.3 Å². The molecule has 0 aliphatic carbocycles. The Morgan fingerprint density at radius 1 is 0.622 bits per heavy atom. The number of nitrogens with one attached hydrogen (secondary N) is 2. The van der Waals surface area contributed by atoms with Crippen LogP contribution >= 0.6 is 0 Å². The van der Waals surface area contributed by atoms with Crippen molar-refractivity contribution in [3.63, 3.8) is 0 Å². The molecule has 4 amide bonds. The maximum atomic E-state index is 12.0. The Kier molecular flexibility index (Phi) is 19.8. The van der Waals surface area contributed by atoms with E-state index >= 15 is 0 Å². The van der Waals surface area contributed by atoms with Crippen LogP contribution in [0.15, 0.2) is 0 Å². The Hall–Kier alpha value is -2.73. The van der Waals surface area contributed by atoms with Crippen LogP contribution in [0.25, 0.3) is 0 Å². The molecular weight excluding hydrogens is 484 g/mol. The number of carbonyl (C=O) groups excluding carboxylic acids is 4. The summed E-state index contributed by atoms with van der Waals surface area (Å²) in [5.41, 5.74) is 0. The third-order valence-electron chi connectivity index (χ3n) is 5.62. The summed E-state index contributed by atoms with van der Waals surface area (Å²) >= 11 is 0. The molecule has 0 heterocycles. The standard InChI is InChI=1S/C25H46N4O8/c1-20(2)10-9-11-23(32)28(36)18-7-3-5-16-26-21(30)12-14-24(33)29(37)19-8-4-6-17-27-22(31)13-15-25(34)35/h20,36-37H,3-19H2,1-2H3,(H,26,30)(H,27,31)(H,34,35). The maximum Gasteiger partial charge on any atom is 0.303 e. The number of unbranched alkanes of at least 4 members (excludes halogenated alkanes) is 4. The van der Waals surface area contributed by atoms with E-state index < -0.39 is 11.9 Å². The van der Waals surface area contributed by atoms with Crippen LogP contribution in [-0.4, -0.2) is 81.4 Å². The van der Waals surface area contributed by atoms with Crippen LogP contribution in [0.1, 0.15) is 97.3 Å². The minimum absolute atomic E-state index is 0.0342. The van der Waals surface area contributed by atoms with Crippen LogP contribution in [-0.2, 0) is 24.0 Å². The Balaban J connectivity index is 3.72. The molecular formula is C25H46N4O8. The largest absolute Gasteiger partial charge is 0.481 e. The molecule has 0 fully saturated rings. The normalized spacial score (nSPS) is 10.7. The second kappa shape index (κ2) is 21.4. The molecule has 37 heavy (non-hydrogen) atoms. The van der Waals surface area contributed by atoms with Gasteiger partial charge in [0.05, 0.1) is 6.42 Å². The second-order valence-electron chi connectivity index (χ2n) is 9.53. The highest BCUT2D eigenvalue weighted by molar-refractivity contribution is 5.83. The van der Waals surface area contributed by atoms with Crippen molar-refractivity contribution < 1.29 is 39.5 Å². The molecule has 0 aromatic rings. The number of nitrogens with zero attached hydrogens (tertiary/aromatic N) is 2. The number of hydrogen-bond donors (Lipinski definition) is 5. The smallest absolute Gasteiger partial charge is 0.303 e. The number of rotatable bonds is 22. The van der Waals surface area contributed by atoms with Crippen molar-refractivity contribution in [1.82, 2.24) is 20.8 Å². The van der Waals surface area contributed by atoms with Gasteiger partial charge in [-0.1, -0.05) is 20.3 Å². The summed E-state index contributed by atoms with van der Waals surface area (Å²) in [5.74, 6) is -1.92. The van der Waals surface area contributed by atoms with Gasteiger partial charge in [0, 0.05) is 51.9 Å². The zero-order chi connectivity index (χ0) is 28.1. The zero-order valence-corrected chi connectivity index (χ0v) is 22.4. The summed E-state index contributed by atoms with van der Waals surface area (Å²) in [6, 6.07) is 0. The Bertz CT molecular complexity index is 702. The zero-order valence-electron chi connectivity index (χ0n) is 22.4. The maximum absolute atomic E-state index is 12.0. The fourth-order valence-electron chi connectivity index (χ4n) is 3.37. The molecule has 0 spiro atoms. The molecule has 0 aromatic carbocycles. The molecule has 0 radical (unpaired) electrons. The van der Waals surface area contributed by atoms with E-state index in [9.17, 15) is 34.4 Å². The van der Waals surface area contributed by atoms with Gasteiger partial charge in [0.15, 0.2) is 0 Å². The van der Waals surface area contributed by atoms with Gasteiger partial charge < -0.3 is 15.7 Å². The van der Waals surface area contributed by atoms with Crippen LogP contribution < -0.4 is 10.6 Å². The predicted octanol–water partition coefficient (Wildman–Crippen LogP) is 2.47. The van der Waals surface area contributed by atoms with E-state index in [0.29, 0.717) is 62.6 Å². The lowest BCUT2D eigenvalue weighted by Gasteiger charge is -2.15. The molecule has 0 unspecified atom stereocenters. The minimum Gasteiger partial charge on any atom is -0.481 e. The molecule has 5 N–H and O–H groups in total. The van der Waals surface area contributed by atoms with Crippen molar-refractivity contribution in [3.05, 3.63) is 0 Å². The summed E-state index contributed by atoms with van der Waals surface area (Å²) in [5, 5.41) is 34.8. The number of hydroxylamine groups is 4. The lowest BCUT2D eigenvalue weighted by Crippen LogP contribution is -2.31. The highest BCUT2D eigenvalue weighted by Crippen LogP contribution is 2.08. The average Bonchev–Trinajstić information content (AvgIpc) is 2.84. The molecule has 0 bridgehead atoms. The van der Waals surface area contributed by atoms with Crippen molar-refractivity contribution in [2.75, 3.05) is 26.2 Å². The first-order valence-corrected chi connectivity index (χ1v) is 13.3. The topological polar surface area (TPSA) is 177 Å². The van der Waals surface area contributed by atoms with Gasteiger partial charge in [0.1, 0.15) is 0 Å². The van der Waals surface area contributed by atoms with E-state index in [1.54, 1.807) is 0 Å². The molecule has 0 aliphatic heterocycles. The fourth-order valence-corrected chi connectivity index (χ4v) is 3.37. The highest BCUT2D eigenvalue weighted by Gasteiger charge is 2.13. The van der Waals surface area contributed by atoms with Crippen LogP contribution in [0.5, 0.6) is 0 Å². The molecule has 0 atom stereocenters. The second-order valence-corrected chi connectivity index (χ2v) is 9.53. The van der Waals surface area contributed by atoms with Gasteiger partial charge in [0.2, 0.25) is 23.6 Å². The van der Waals surface area contributed by atoms with Crippen molar-refractivity contribution in [1.29, 1.82) is 0 Å². The monoisotopic (exact) mass is 530 g/mol. The number of carboxylic acids is 1. The first-order valence-electron chi connectivity index (χ1n) is 13.3. The summed E-state index contributed by atoms with van der Waals surface area (Å²) in [4.78, 5) is 57.4. The van der Waals surface area contributed by atoms with Crippen molar-refractivity contribution in [2.24, 2.45) is 5.92 Å².